The molecule has 0 radical (unpaired) electrons. The van der Waals surface area contributed by atoms with E-state index in [1.54, 1.807) is 24.3 Å². The van der Waals surface area contributed by atoms with Crippen LogP contribution in [0.3, 0.4) is 0 Å². The van der Waals surface area contributed by atoms with Crippen LogP contribution in [0.4, 0.5) is 0 Å². The number of rotatable bonds is 4. The fourth-order valence-corrected chi connectivity index (χ4v) is 2.33. The maximum absolute atomic E-state index is 11.8. The van der Waals surface area contributed by atoms with Crippen molar-refractivity contribution in [1.82, 2.24) is 4.98 Å². The molecule has 0 aliphatic heterocycles. The summed E-state index contributed by atoms with van der Waals surface area (Å²) in [6.07, 6.45) is -0.866. The molecular weight excluding hydrogens is 234 g/mol. The summed E-state index contributed by atoms with van der Waals surface area (Å²) in [5.41, 5.74) is 1.54. The Bertz CT molecular complexity index is 507. The summed E-state index contributed by atoms with van der Waals surface area (Å²) >= 11 is 1.45. The first-order chi connectivity index (χ1) is 8.16. The minimum absolute atomic E-state index is 0.189. The molecule has 3 nitrogen and oxygen atoms in total. The SMILES string of the molecule is Cc1csc(CC(=O)C(O)c2ccccc2)n1. The van der Waals surface area contributed by atoms with Crippen molar-refractivity contribution in [3.63, 3.8) is 0 Å². The first-order valence-electron chi connectivity index (χ1n) is 5.33. The zero-order valence-corrected chi connectivity index (χ0v) is 10.3. The molecule has 1 N–H and O–H groups in total. The van der Waals surface area contributed by atoms with Crippen molar-refractivity contribution in [2.75, 3.05) is 0 Å². The Morgan fingerprint density at radius 3 is 2.71 bits per heavy atom. The van der Waals surface area contributed by atoms with E-state index in [-0.39, 0.29) is 12.2 Å². The van der Waals surface area contributed by atoms with E-state index in [0.717, 1.165) is 10.7 Å². The smallest absolute Gasteiger partial charge is 0.172 e. The van der Waals surface area contributed by atoms with Crippen molar-refractivity contribution in [3.8, 4) is 0 Å². The molecule has 1 heterocycles. The van der Waals surface area contributed by atoms with Gasteiger partial charge in [-0.05, 0) is 12.5 Å². The number of aliphatic hydroxyl groups is 1. The summed E-state index contributed by atoms with van der Waals surface area (Å²) in [6.45, 7) is 1.89. The Hall–Kier alpha value is -1.52. The summed E-state index contributed by atoms with van der Waals surface area (Å²) in [5, 5.41) is 12.5. The molecule has 1 atom stereocenters. The second-order valence-corrected chi connectivity index (χ2v) is 4.78. The molecule has 2 aromatic rings. The highest BCUT2D eigenvalue weighted by Gasteiger charge is 2.18. The van der Waals surface area contributed by atoms with Crippen molar-refractivity contribution in [2.24, 2.45) is 0 Å². The van der Waals surface area contributed by atoms with Gasteiger partial charge in [-0.2, -0.15) is 0 Å². The average molecular weight is 247 g/mol. The number of thiazole rings is 1. The highest BCUT2D eigenvalue weighted by molar-refractivity contribution is 7.09. The van der Waals surface area contributed by atoms with Gasteiger partial charge in [0.2, 0.25) is 0 Å². The van der Waals surface area contributed by atoms with E-state index in [2.05, 4.69) is 4.98 Å². The van der Waals surface area contributed by atoms with Crippen molar-refractivity contribution >= 4 is 17.1 Å². The zero-order valence-electron chi connectivity index (χ0n) is 9.46. The maximum atomic E-state index is 11.8. The standard InChI is InChI=1S/C13H13NO2S/c1-9-8-17-12(14-9)7-11(15)13(16)10-5-3-2-4-6-10/h2-6,8,13,16H,7H2,1H3. The Labute approximate surface area is 104 Å². The number of benzene rings is 1. The summed E-state index contributed by atoms with van der Waals surface area (Å²) in [6, 6.07) is 8.95. The number of ketones is 1. The lowest BCUT2D eigenvalue weighted by Gasteiger charge is -2.08. The molecule has 88 valence electrons. The minimum Gasteiger partial charge on any atom is -0.381 e. The molecule has 0 saturated heterocycles. The number of carbonyl (C=O) groups excluding carboxylic acids is 1. The molecule has 0 spiro atoms. The molecular formula is C13H13NO2S. The maximum Gasteiger partial charge on any atom is 0.172 e. The van der Waals surface area contributed by atoms with Gasteiger partial charge in [0, 0.05) is 11.1 Å². The van der Waals surface area contributed by atoms with E-state index in [1.807, 2.05) is 18.4 Å². The predicted molar refractivity (Wildman–Crippen MR) is 67.0 cm³/mol. The monoisotopic (exact) mass is 247 g/mol. The summed E-state index contributed by atoms with van der Waals surface area (Å²) in [7, 11) is 0. The lowest BCUT2D eigenvalue weighted by molar-refractivity contribution is -0.126. The van der Waals surface area contributed by atoms with Crippen LogP contribution in [0.1, 0.15) is 22.4 Å². The van der Waals surface area contributed by atoms with E-state index >= 15 is 0 Å². The molecule has 1 unspecified atom stereocenters. The number of nitrogens with zero attached hydrogens (tertiary/aromatic N) is 1. The number of aliphatic hydroxyl groups excluding tert-OH is 1. The van der Waals surface area contributed by atoms with Crippen molar-refractivity contribution < 1.29 is 9.90 Å². The van der Waals surface area contributed by atoms with Crippen LogP contribution in [0.15, 0.2) is 35.7 Å². The minimum atomic E-state index is -1.06. The molecule has 0 amide bonds. The third-order valence-corrected chi connectivity index (χ3v) is 3.38. The molecule has 0 aliphatic rings. The number of hydrogen-bond acceptors (Lipinski definition) is 4. The van der Waals surface area contributed by atoms with E-state index in [9.17, 15) is 9.90 Å². The van der Waals surface area contributed by atoms with Gasteiger partial charge in [0.25, 0.3) is 0 Å². The fourth-order valence-electron chi connectivity index (χ4n) is 1.55. The number of aryl methyl sites for hydroxylation is 1. The lowest BCUT2D eigenvalue weighted by Crippen LogP contribution is -2.14. The van der Waals surface area contributed by atoms with Gasteiger partial charge in [0.1, 0.15) is 11.1 Å². The average Bonchev–Trinajstić information content (AvgIpc) is 2.75. The predicted octanol–water partition coefficient (Wildman–Crippen LogP) is 2.30. The van der Waals surface area contributed by atoms with Gasteiger partial charge in [-0.15, -0.1) is 11.3 Å². The highest BCUT2D eigenvalue weighted by Crippen LogP contribution is 2.17. The number of carbonyl (C=O) groups is 1. The lowest BCUT2D eigenvalue weighted by atomic mass is 10.0. The molecule has 17 heavy (non-hydrogen) atoms. The summed E-state index contributed by atoms with van der Waals surface area (Å²) in [4.78, 5) is 16.1. The highest BCUT2D eigenvalue weighted by atomic mass is 32.1. The third-order valence-electron chi connectivity index (χ3n) is 2.41. The Morgan fingerprint density at radius 1 is 1.41 bits per heavy atom. The quantitative estimate of drug-likeness (QED) is 0.902. The van der Waals surface area contributed by atoms with Crippen LogP contribution in [0.25, 0.3) is 0 Å². The van der Waals surface area contributed by atoms with Gasteiger partial charge in [0.05, 0.1) is 6.42 Å². The van der Waals surface area contributed by atoms with Crippen molar-refractivity contribution in [3.05, 3.63) is 52.0 Å². The van der Waals surface area contributed by atoms with Crippen LogP contribution in [-0.4, -0.2) is 15.9 Å². The molecule has 4 heteroatoms. The van der Waals surface area contributed by atoms with Crippen molar-refractivity contribution in [1.29, 1.82) is 0 Å². The first kappa shape index (κ1) is 12.0. The first-order valence-corrected chi connectivity index (χ1v) is 6.21. The second kappa shape index (κ2) is 5.21. The molecule has 1 aromatic heterocycles. The fraction of sp³-hybridized carbons (Fsp3) is 0.231. The van der Waals surface area contributed by atoms with Crippen LogP contribution < -0.4 is 0 Å². The third kappa shape index (κ3) is 2.99. The van der Waals surface area contributed by atoms with E-state index in [0.29, 0.717) is 5.56 Å². The van der Waals surface area contributed by atoms with E-state index in [1.165, 1.54) is 11.3 Å². The molecule has 0 saturated carbocycles. The van der Waals surface area contributed by atoms with E-state index < -0.39 is 6.10 Å². The number of hydrogen-bond donors (Lipinski definition) is 1. The van der Waals surface area contributed by atoms with Gasteiger partial charge in [-0.3, -0.25) is 4.79 Å². The molecule has 0 aliphatic carbocycles. The molecule has 0 fully saturated rings. The number of aromatic nitrogens is 1. The van der Waals surface area contributed by atoms with Crippen molar-refractivity contribution in [2.45, 2.75) is 19.4 Å². The largest absolute Gasteiger partial charge is 0.381 e. The van der Waals surface area contributed by atoms with Gasteiger partial charge >= 0.3 is 0 Å². The molecule has 1 aromatic carbocycles. The van der Waals surface area contributed by atoms with Gasteiger partial charge < -0.3 is 5.11 Å². The Balaban J connectivity index is 2.06. The van der Waals surface area contributed by atoms with Crippen LogP contribution >= 0.6 is 11.3 Å². The number of Topliss-reactive ketones (excluding diaryl/α,β-unsaturated/α-hetero) is 1. The van der Waals surface area contributed by atoms with Crippen LogP contribution in [0, 0.1) is 6.92 Å². The molecule has 2 rings (SSSR count). The second-order valence-electron chi connectivity index (χ2n) is 3.84. The van der Waals surface area contributed by atoms with Crippen LogP contribution in [0.5, 0.6) is 0 Å². The van der Waals surface area contributed by atoms with Gasteiger partial charge in [-0.1, -0.05) is 30.3 Å². The topological polar surface area (TPSA) is 50.2 Å². The van der Waals surface area contributed by atoms with Crippen LogP contribution in [-0.2, 0) is 11.2 Å². The zero-order chi connectivity index (χ0) is 12.3. The van der Waals surface area contributed by atoms with Gasteiger partial charge in [-0.25, -0.2) is 4.98 Å². The van der Waals surface area contributed by atoms with Gasteiger partial charge in [0.15, 0.2) is 5.78 Å². The van der Waals surface area contributed by atoms with E-state index in [4.69, 9.17) is 0 Å². The van der Waals surface area contributed by atoms with Crippen LogP contribution in [0.2, 0.25) is 0 Å². The Morgan fingerprint density at radius 2 is 2.12 bits per heavy atom. The molecule has 0 bridgehead atoms. The Kier molecular flexibility index (Phi) is 3.66. The summed E-state index contributed by atoms with van der Waals surface area (Å²) < 4.78 is 0. The normalized spacial score (nSPS) is 12.4. The summed E-state index contributed by atoms with van der Waals surface area (Å²) in [5.74, 6) is -0.217.